The molecule has 7 heteroatoms. The third-order valence-corrected chi connectivity index (χ3v) is 5.05. The van der Waals surface area contributed by atoms with Crippen LogP contribution in [0.1, 0.15) is 0 Å². The minimum absolute atomic E-state index is 0. The van der Waals surface area contributed by atoms with E-state index in [4.69, 9.17) is 55.5 Å². The summed E-state index contributed by atoms with van der Waals surface area (Å²) in [5.74, 6) is 0. The molecule has 0 aromatic heterocycles. The van der Waals surface area contributed by atoms with Crippen LogP contribution in [0.5, 0.6) is 0 Å². The van der Waals surface area contributed by atoms with Crippen LogP contribution in [0.2, 0.25) is 20.1 Å². The molecule has 1 rings (SSSR count). The molecule has 0 saturated carbocycles. The Morgan fingerprint density at radius 3 is 1.92 bits per heavy atom. The van der Waals surface area contributed by atoms with E-state index in [1.54, 1.807) is 6.07 Å². The van der Waals surface area contributed by atoms with E-state index in [9.17, 15) is 0 Å². The van der Waals surface area contributed by atoms with Crippen molar-refractivity contribution in [3.63, 3.8) is 0 Å². The molecule has 0 aliphatic rings. The van der Waals surface area contributed by atoms with E-state index in [1.165, 1.54) is 0 Å². The molecule has 0 fully saturated rings. The molecule has 0 aliphatic carbocycles. The fourth-order valence-corrected chi connectivity index (χ4v) is 3.42. The highest BCUT2D eigenvalue weighted by Crippen LogP contribution is 2.33. The van der Waals surface area contributed by atoms with Crippen molar-refractivity contribution in [1.29, 1.82) is 0 Å². The van der Waals surface area contributed by atoms with Crippen molar-refractivity contribution in [2.75, 3.05) is 0 Å². The maximum Gasteiger partial charge on any atom is 0.540 e. The van der Waals surface area contributed by atoms with Crippen molar-refractivity contribution in [3.8, 4) is 0 Å². The molecule has 70 valence electrons. The van der Waals surface area contributed by atoms with Crippen LogP contribution in [0, 0.1) is 0 Å². The van der Waals surface area contributed by atoms with Gasteiger partial charge in [0.2, 0.25) is 0 Å². The minimum atomic E-state index is -0.884. The molecule has 0 saturated heterocycles. The molecule has 1 aromatic carbocycles. The van der Waals surface area contributed by atoms with Crippen LogP contribution in [0.3, 0.4) is 0 Å². The smallest absolute Gasteiger partial charge is 0.336 e. The van der Waals surface area contributed by atoms with Gasteiger partial charge in [0, 0.05) is 5.02 Å². The Labute approximate surface area is 116 Å². The van der Waals surface area contributed by atoms with Crippen molar-refractivity contribution in [1.82, 2.24) is 0 Å². The summed E-state index contributed by atoms with van der Waals surface area (Å²) in [6.07, 6.45) is 0. The van der Waals surface area contributed by atoms with E-state index in [0.29, 0.717) is 10.0 Å². The molecule has 0 amide bonds. The normalized spacial score (nSPS) is 9.00. The topological polar surface area (TPSA) is 0 Å². The lowest BCUT2D eigenvalue weighted by molar-refractivity contribution is 1.75. The molecule has 0 unspecified atom stereocenters. The summed E-state index contributed by atoms with van der Waals surface area (Å²) in [4.78, 5) is 0. The van der Waals surface area contributed by atoms with Crippen LogP contribution in [-0.4, -0.2) is 19.3 Å². The summed E-state index contributed by atoms with van der Waals surface area (Å²) in [6, 6.07) is 1.66. The van der Waals surface area contributed by atoms with E-state index in [2.05, 4.69) is 0 Å². The van der Waals surface area contributed by atoms with Gasteiger partial charge in [0.1, 0.15) is 0 Å². The molecule has 0 bridgehead atoms. The quantitative estimate of drug-likeness (QED) is 0.414. The van der Waals surface area contributed by atoms with Gasteiger partial charge in [0.25, 0.3) is 0 Å². The molecular weight excluding hydrogens is 309 g/mol. The first-order valence-corrected chi connectivity index (χ1v) is 7.31. The lowest BCUT2D eigenvalue weighted by Crippen LogP contribution is -2.10. The first-order chi connectivity index (χ1) is 5.57. The van der Waals surface area contributed by atoms with E-state index in [1.807, 2.05) is 0 Å². The molecule has 13 heavy (non-hydrogen) atoms. The standard InChI is InChI=1S/C6HCl4.2ClH.Mg/c7-3-1-2-4(8)6(10)5(3)9;;;/h1H;2*1H;/q;;;+1/p-1. The van der Waals surface area contributed by atoms with Gasteiger partial charge in [-0.3, -0.25) is 0 Å². The Bertz CT molecular complexity index is 312. The zero-order valence-corrected chi connectivity index (χ0v) is 12.1. The Morgan fingerprint density at radius 1 is 0.923 bits per heavy atom. The molecule has 1 aromatic rings. The van der Waals surface area contributed by atoms with Crippen LogP contribution < -0.4 is 3.69 Å². The van der Waals surface area contributed by atoms with Crippen molar-refractivity contribution in [2.45, 2.75) is 0 Å². The van der Waals surface area contributed by atoms with Gasteiger partial charge in [0.15, 0.2) is 0 Å². The van der Waals surface area contributed by atoms with Crippen LogP contribution in [0.25, 0.3) is 0 Å². The monoisotopic (exact) mass is 308 g/mol. The molecule has 0 heterocycles. The van der Waals surface area contributed by atoms with Gasteiger partial charge >= 0.3 is 19.3 Å². The number of halogens is 6. The Hall–Kier alpha value is 1.73. The summed E-state index contributed by atoms with van der Waals surface area (Å²) < 4.78 is 0.817. The van der Waals surface area contributed by atoms with Crippen LogP contribution in [0.4, 0.5) is 0 Å². The second kappa shape index (κ2) is 6.34. The van der Waals surface area contributed by atoms with E-state index < -0.39 is 19.3 Å². The minimum Gasteiger partial charge on any atom is -0.336 e. The van der Waals surface area contributed by atoms with Crippen LogP contribution >= 0.6 is 67.9 Å². The third kappa shape index (κ3) is 3.35. The van der Waals surface area contributed by atoms with E-state index >= 15 is 0 Å². The first kappa shape index (κ1) is 14.7. The highest BCUT2D eigenvalue weighted by atomic mass is 35.5. The lowest BCUT2D eigenvalue weighted by atomic mass is 10.3. The zero-order valence-electron chi connectivity index (χ0n) is 6.08. The average molecular weight is 311 g/mol. The lowest BCUT2D eigenvalue weighted by Gasteiger charge is -2.06. The maximum absolute atomic E-state index is 5.85. The molecule has 0 nitrogen and oxygen atoms in total. The molecule has 0 radical (unpaired) electrons. The highest BCUT2D eigenvalue weighted by Gasteiger charge is 2.12. The third-order valence-electron chi connectivity index (χ3n) is 1.32. The Morgan fingerprint density at radius 2 is 1.46 bits per heavy atom. The summed E-state index contributed by atoms with van der Waals surface area (Å²) in [7, 11) is 5.72. The van der Waals surface area contributed by atoms with Crippen molar-refractivity contribution in [2.24, 2.45) is 0 Å². The van der Waals surface area contributed by atoms with Crippen molar-refractivity contribution >= 4 is 90.8 Å². The van der Waals surface area contributed by atoms with Crippen molar-refractivity contribution < 1.29 is 0 Å². The van der Waals surface area contributed by atoms with Gasteiger partial charge in [-0.15, -0.1) is 16.1 Å². The summed E-state index contributed by atoms with van der Waals surface area (Å²) in [6.45, 7) is 0. The predicted molar refractivity (Wildman–Crippen MR) is 65.0 cm³/mol. The van der Waals surface area contributed by atoms with E-state index in [0.717, 1.165) is 3.69 Å². The number of benzene rings is 1. The second-order valence-corrected chi connectivity index (χ2v) is 5.47. The summed E-state index contributed by atoms with van der Waals surface area (Å²) in [5.41, 5.74) is 0. The number of hydrogen-bond acceptors (Lipinski definition) is 0. The predicted octanol–water partition coefficient (Wildman–Crippen LogP) is 4.21. The van der Waals surface area contributed by atoms with Gasteiger partial charge in [0.05, 0.1) is 15.1 Å². The zero-order chi connectivity index (χ0) is 9.30. The van der Waals surface area contributed by atoms with Gasteiger partial charge in [-0.2, -0.15) is 0 Å². The maximum atomic E-state index is 5.85. The second-order valence-electron chi connectivity index (χ2n) is 2.09. The average Bonchev–Trinajstić information content (AvgIpc) is 2.08. The fraction of sp³-hybridized carbons (Fsp3) is 0. The molecule has 0 aliphatic heterocycles. The van der Waals surface area contributed by atoms with Crippen LogP contribution in [0.15, 0.2) is 6.07 Å². The van der Waals surface area contributed by atoms with Gasteiger partial charge in [-0.25, -0.2) is 0 Å². The number of rotatable bonds is 1. The number of hydrogen-bond donors (Lipinski definition) is 0. The fourth-order valence-electron chi connectivity index (χ4n) is 0.719. The Kier molecular flexibility index (Phi) is 7.18. The van der Waals surface area contributed by atoms with E-state index in [-0.39, 0.29) is 22.5 Å². The summed E-state index contributed by atoms with van der Waals surface area (Å²) in [5, 5.41) is 1.39. The van der Waals surface area contributed by atoms with Gasteiger partial charge < -0.3 is 9.07 Å². The Balaban J connectivity index is 0.00000144. The molecule has 0 N–H and O–H groups in total. The highest BCUT2D eigenvalue weighted by molar-refractivity contribution is 7.02. The largest absolute Gasteiger partial charge is 0.540 e. The van der Waals surface area contributed by atoms with Gasteiger partial charge in [-0.05, 0) is 0 Å². The molecule has 0 atom stereocenters. The van der Waals surface area contributed by atoms with Crippen LogP contribution in [-0.2, 0) is 0 Å². The first-order valence-electron chi connectivity index (χ1n) is 2.95. The molecular formula is C6H2Cl6Mg. The summed E-state index contributed by atoms with van der Waals surface area (Å²) >= 11 is 22.2. The van der Waals surface area contributed by atoms with Crippen molar-refractivity contribution in [3.05, 3.63) is 26.2 Å². The SMILES string of the molecule is Cl.[Cl][Mg][c]1cc(Cl)c(Cl)c(Cl)c1Cl. The molecule has 0 spiro atoms. The van der Waals surface area contributed by atoms with Gasteiger partial charge in [-0.1, -0.05) is 52.5 Å².